The van der Waals surface area contributed by atoms with E-state index in [-0.39, 0.29) is 24.7 Å². The molecule has 8 nitrogen and oxygen atoms in total. The minimum atomic E-state index is -3.92. The maximum absolute atomic E-state index is 13.5. The van der Waals surface area contributed by atoms with E-state index in [1.807, 2.05) is 24.3 Å². The number of aliphatic carboxylic acids is 1. The smallest absolute Gasteiger partial charge is 0.322 e. The van der Waals surface area contributed by atoms with Crippen molar-refractivity contribution in [2.45, 2.75) is 44.8 Å². The van der Waals surface area contributed by atoms with Crippen LogP contribution in [0, 0.1) is 0 Å². The van der Waals surface area contributed by atoms with Crippen molar-refractivity contribution in [3.63, 3.8) is 0 Å². The summed E-state index contributed by atoms with van der Waals surface area (Å²) in [5, 5.41) is 11.6. The van der Waals surface area contributed by atoms with E-state index in [1.54, 1.807) is 30.3 Å². The average Bonchev–Trinajstić information content (AvgIpc) is 2.87. The molecule has 0 aliphatic carbocycles. The van der Waals surface area contributed by atoms with E-state index in [4.69, 9.17) is 5.11 Å². The lowest BCUT2D eigenvalue weighted by Crippen LogP contribution is -2.31. The summed E-state index contributed by atoms with van der Waals surface area (Å²) in [7, 11) is -3.92. The first-order valence-electron chi connectivity index (χ1n) is 11.4. The van der Waals surface area contributed by atoms with Gasteiger partial charge in [-0.05, 0) is 54.3 Å². The number of nitrogens with zero attached hydrogens (tertiary/aromatic N) is 3. The summed E-state index contributed by atoms with van der Waals surface area (Å²) in [6.07, 6.45) is 5.73. The monoisotopic (exact) mass is 494 g/mol. The van der Waals surface area contributed by atoms with Gasteiger partial charge in [0, 0.05) is 12.7 Å². The Morgan fingerprint density at radius 2 is 1.83 bits per heavy atom. The van der Waals surface area contributed by atoms with Crippen molar-refractivity contribution in [1.29, 1.82) is 0 Å². The number of hydrogen-bond acceptors (Lipinski definition) is 6. The number of carbonyl (C=O) groups is 1. The first kappa shape index (κ1) is 26.1. The lowest BCUT2D eigenvalue weighted by molar-refractivity contribution is -0.134. The molecule has 35 heavy (non-hydrogen) atoms. The zero-order chi connectivity index (χ0) is 25.3. The second kappa shape index (κ2) is 12.2. The minimum absolute atomic E-state index is 0.00131. The molecule has 2 heterocycles. The zero-order valence-corrected chi connectivity index (χ0v) is 20.7. The van der Waals surface area contributed by atoms with Crippen molar-refractivity contribution < 1.29 is 18.3 Å². The third-order valence-electron chi connectivity index (χ3n) is 5.32. The van der Waals surface area contributed by atoms with Crippen molar-refractivity contribution in [2.24, 2.45) is 0 Å². The Labute approximate surface area is 206 Å². The summed E-state index contributed by atoms with van der Waals surface area (Å²) in [4.78, 5) is 19.3. The number of aromatic nitrogens is 2. The third kappa shape index (κ3) is 7.46. The Kier molecular flexibility index (Phi) is 9.11. The predicted octanol–water partition coefficient (Wildman–Crippen LogP) is 4.57. The van der Waals surface area contributed by atoms with Gasteiger partial charge in [0.1, 0.15) is 12.4 Å². The van der Waals surface area contributed by atoms with Crippen LogP contribution in [0.3, 0.4) is 0 Å². The van der Waals surface area contributed by atoms with Crippen LogP contribution < -0.4 is 5.32 Å². The first-order valence-corrected chi connectivity index (χ1v) is 12.8. The molecule has 3 rings (SSSR count). The number of unbranched alkanes of at least 4 members (excludes halogenated alkanes) is 1. The second-order valence-corrected chi connectivity index (χ2v) is 9.96. The summed E-state index contributed by atoms with van der Waals surface area (Å²) >= 11 is 0. The van der Waals surface area contributed by atoms with Crippen LogP contribution in [-0.2, 0) is 27.9 Å². The highest BCUT2D eigenvalue weighted by atomic mass is 32.2. The second-order valence-electron chi connectivity index (χ2n) is 8.08. The van der Waals surface area contributed by atoms with Crippen LogP contribution in [0.4, 0.5) is 5.82 Å². The van der Waals surface area contributed by atoms with Gasteiger partial charge in [-0.3, -0.25) is 4.79 Å². The highest BCUT2D eigenvalue weighted by Crippen LogP contribution is 2.22. The number of pyridine rings is 2. The number of sulfonamides is 1. The molecule has 184 valence electrons. The molecular formula is C26H30N4O4S. The lowest BCUT2D eigenvalue weighted by atomic mass is 10.0. The number of nitrogens with one attached hydrogen (secondary N) is 1. The highest BCUT2D eigenvalue weighted by molar-refractivity contribution is 7.89. The summed E-state index contributed by atoms with van der Waals surface area (Å²) in [6.45, 7) is 4.05. The van der Waals surface area contributed by atoms with Gasteiger partial charge in [-0.15, -0.1) is 0 Å². The Morgan fingerprint density at radius 3 is 2.49 bits per heavy atom. The number of carboxylic acid groups (broad SMARTS) is 1. The van der Waals surface area contributed by atoms with Gasteiger partial charge in [-0.25, -0.2) is 18.4 Å². The van der Waals surface area contributed by atoms with Crippen LogP contribution in [0.5, 0.6) is 0 Å². The summed E-state index contributed by atoms with van der Waals surface area (Å²) in [5.74, 6) is -0.654. The fourth-order valence-electron chi connectivity index (χ4n) is 3.43. The molecule has 0 radical (unpaired) electrons. The number of benzene rings is 1. The Hall–Kier alpha value is -3.56. The first-order chi connectivity index (χ1) is 16.8. The Balaban J connectivity index is 1.88. The van der Waals surface area contributed by atoms with Gasteiger partial charge in [0.05, 0.1) is 12.2 Å². The molecule has 1 aromatic carbocycles. The fourth-order valence-corrected chi connectivity index (χ4v) is 4.76. The fraction of sp³-hybridized carbons (Fsp3) is 0.269. The number of anilines is 1. The number of rotatable bonds is 12. The van der Waals surface area contributed by atoms with Crippen molar-refractivity contribution in [3.05, 3.63) is 89.8 Å². The van der Waals surface area contributed by atoms with Crippen LogP contribution in [-0.4, -0.2) is 40.3 Å². The van der Waals surface area contributed by atoms with E-state index in [0.29, 0.717) is 11.5 Å². The predicted molar refractivity (Wildman–Crippen MR) is 136 cm³/mol. The van der Waals surface area contributed by atoms with E-state index in [9.17, 15) is 13.2 Å². The Morgan fingerprint density at radius 1 is 1.06 bits per heavy atom. The molecule has 0 fully saturated rings. The van der Waals surface area contributed by atoms with Gasteiger partial charge in [0.15, 0.2) is 5.03 Å². The van der Waals surface area contributed by atoms with Gasteiger partial charge in [0.2, 0.25) is 0 Å². The third-order valence-corrected chi connectivity index (χ3v) is 7.02. The van der Waals surface area contributed by atoms with Crippen molar-refractivity contribution >= 4 is 27.4 Å². The zero-order valence-electron chi connectivity index (χ0n) is 19.9. The van der Waals surface area contributed by atoms with Gasteiger partial charge >= 0.3 is 5.97 Å². The normalized spacial score (nSPS) is 12.0. The molecule has 0 bridgehead atoms. The summed E-state index contributed by atoms with van der Waals surface area (Å²) in [5.41, 5.74) is 3.60. The molecule has 2 N–H and O–H groups in total. The standard InChI is InChI=1S/C26H30N4O4S/c1-3-4-8-20(2)22-14-12-21(13-15-22)18-30(35(33,34)25-11-5-6-16-27-25)19-23-9-7-10-24(29-23)28-17-26(31)32/h5-16H,3-4,17-19H2,1-2H3,(H,28,29)(H,31,32). The largest absolute Gasteiger partial charge is 0.480 e. The maximum Gasteiger partial charge on any atom is 0.322 e. The minimum Gasteiger partial charge on any atom is -0.480 e. The van der Waals surface area contributed by atoms with Gasteiger partial charge in [-0.2, -0.15) is 4.31 Å². The quantitative estimate of drug-likeness (QED) is 0.379. The van der Waals surface area contributed by atoms with Gasteiger partial charge < -0.3 is 10.4 Å². The van der Waals surface area contributed by atoms with Crippen molar-refractivity contribution in [1.82, 2.24) is 14.3 Å². The molecule has 0 saturated heterocycles. The summed E-state index contributed by atoms with van der Waals surface area (Å²) < 4.78 is 28.3. The van der Waals surface area contributed by atoms with E-state index < -0.39 is 16.0 Å². The maximum atomic E-state index is 13.5. The van der Waals surface area contributed by atoms with Crippen LogP contribution in [0.15, 0.2) is 78.0 Å². The molecule has 0 saturated carbocycles. The molecule has 0 aliphatic rings. The average molecular weight is 495 g/mol. The molecule has 0 unspecified atom stereocenters. The molecule has 0 amide bonds. The number of carboxylic acids is 1. The van der Waals surface area contributed by atoms with E-state index in [2.05, 4.69) is 35.2 Å². The van der Waals surface area contributed by atoms with Crippen LogP contribution in [0.1, 0.15) is 43.5 Å². The molecule has 0 spiro atoms. The van der Waals surface area contributed by atoms with Gasteiger partial charge in [0.25, 0.3) is 10.0 Å². The number of hydrogen-bond donors (Lipinski definition) is 2. The highest BCUT2D eigenvalue weighted by Gasteiger charge is 2.26. The SMILES string of the molecule is CCCC=C(C)c1ccc(CN(Cc2cccc(NCC(=O)O)n2)S(=O)(=O)c2ccccn2)cc1. The van der Waals surface area contributed by atoms with E-state index >= 15 is 0 Å². The molecule has 3 aromatic rings. The number of allylic oxidation sites excluding steroid dienone is 2. The van der Waals surface area contributed by atoms with Crippen molar-refractivity contribution in [3.8, 4) is 0 Å². The van der Waals surface area contributed by atoms with Crippen LogP contribution in [0.25, 0.3) is 5.57 Å². The van der Waals surface area contributed by atoms with Crippen molar-refractivity contribution in [2.75, 3.05) is 11.9 Å². The van der Waals surface area contributed by atoms with Crippen LogP contribution in [0.2, 0.25) is 0 Å². The Bertz CT molecular complexity index is 1260. The molecule has 9 heteroatoms. The summed E-state index contributed by atoms with van der Waals surface area (Å²) in [6, 6.07) is 17.7. The van der Waals surface area contributed by atoms with E-state index in [1.165, 1.54) is 22.1 Å². The molecule has 2 aromatic heterocycles. The van der Waals surface area contributed by atoms with Crippen LogP contribution >= 0.6 is 0 Å². The topological polar surface area (TPSA) is 112 Å². The molecule has 0 atom stereocenters. The van der Waals surface area contributed by atoms with E-state index in [0.717, 1.165) is 24.0 Å². The molecule has 0 aliphatic heterocycles. The lowest BCUT2D eigenvalue weighted by Gasteiger charge is -2.22. The molecular weight excluding hydrogens is 464 g/mol. The van der Waals surface area contributed by atoms with Gasteiger partial charge in [-0.1, -0.05) is 55.8 Å².